The van der Waals surface area contributed by atoms with Gasteiger partial charge in [-0.25, -0.2) is 9.50 Å². The molecule has 1 aliphatic rings. The molecule has 25 heavy (non-hydrogen) atoms. The van der Waals surface area contributed by atoms with Crippen molar-refractivity contribution in [1.82, 2.24) is 19.5 Å². The summed E-state index contributed by atoms with van der Waals surface area (Å²) in [5, 5.41) is 5.19. The fourth-order valence-corrected chi connectivity index (χ4v) is 3.22. The summed E-state index contributed by atoms with van der Waals surface area (Å²) in [6.07, 6.45) is 6.05. The molecule has 0 saturated carbocycles. The number of nitrogens with zero attached hydrogens (tertiary/aromatic N) is 4. The van der Waals surface area contributed by atoms with Crippen molar-refractivity contribution < 1.29 is 4.79 Å². The minimum atomic E-state index is -0.00246. The maximum absolute atomic E-state index is 12.5. The van der Waals surface area contributed by atoms with E-state index >= 15 is 0 Å². The Morgan fingerprint density at radius 3 is 2.88 bits per heavy atom. The van der Waals surface area contributed by atoms with E-state index in [1.807, 2.05) is 58.9 Å². The van der Waals surface area contributed by atoms with Crippen molar-refractivity contribution in [3.05, 3.63) is 70.1 Å². The number of carbonyl (C=O) groups excluding carboxylic acids is 1. The van der Waals surface area contributed by atoms with Crippen molar-refractivity contribution >= 4 is 29.2 Å². The predicted octanol–water partition coefficient (Wildman–Crippen LogP) is 3.29. The summed E-state index contributed by atoms with van der Waals surface area (Å²) >= 11 is 5.87. The average Bonchev–Trinajstić information content (AvgIpc) is 3.01. The zero-order valence-electron chi connectivity index (χ0n) is 13.8. The minimum Gasteiger partial charge on any atom is -0.334 e. The Morgan fingerprint density at radius 1 is 1.28 bits per heavy atom. The van der Waals surface area contributed by atoms with Crippen molar-refractivity contribution in [3.63, 3.8) is 0 Å². The summed E-state index contributed by atoms with van der Waals surface area (Å²) in [6.45, 7) is 3.19. The summed E-state index contributed by atoms with van der Waals surface area (Å²) in [7, 11) is 0. The van der Waals surface area contributed by atoms with Gasteiger partial charge in [-0.3, -0.25) is 4.79 Å². The highest BCUT2D eigenvalue weighted by Gasteiger charge is 2.22. The normalized spacial score (nSPS) is 14.2. The van der Waals surface area contributed by atoms with Crippen LogP contribution in [0, 0.1) is 6.92 Å². The van der Waals surface area contributed by atoms with Crippen LogP contribution in [0.3, 0.4) is 0 Å². The number of halogens is 1. The summed E-state index contributed by atoms with van der Waals surface area (Å²) < 4.78 is 1.90. The average molecular weight is 353 g/mol. The van der Waals surface area contributed by atoms with Crippen molar-refractivity contribution in [2.75, 3.05) is 6.54 Å². The lowest BCUT2D eigenvalue weighted by Crippen LogP contribution is -2.36. The van der Waals surface area contributed by atoms with Crippen LogP contribution >= 0.6 is 11.6 Å². The molecule has 0 radical (unpaired) electrons. The van der Waals surface area contributed by atoms with E-state index in [1.54, 1.807) is 6.08 Å². The molecule has 0 atom stereocenters. The van der Waals surface area contributed by atoms with Crippen LogP contribution in [0.2, 0.25) is 5.02 Å². The van der Waals surface area contributed by atoms with Crippen LogP contribution in [0.15, 0.2) is 42.6 Å². The molecule has 0 fully saturated rings. The Balaban J connectivity index is 1.52. The van der Waals surface area contributed by atoms with Crippen LogP contribution in [0.25, 0.3) is 11.7 Å². The highest BCUT2D eigenvalue weighted by Crippen LogP contribution is 2.20. The standard InChI is InChI=1S/C19H17ClN4O/c1-13-10-18-21-11-15-12-23(9-8-17(15)24(18)22-13)19(25)7-4-14-2-5-16(20)6-3-14/h2-7,10-11H,8-9,12H2,1H3/b7-4+. The van der Waals surface area contributed by atoms with Gasteiger partial charge in [0.1, 0.15) is 0 Å². The second kappa shape index (κ2) is 6.33. The van der Waals surface area contributed by atoms with Gasteiger partial charge in [-0.1, -0.05) is 23.7 Å². The predicted molar refractivity (Wildman–Crippen MR) is 97.3 cm³/mol. The van der Waals surface area contributed by atoms with E-state index in [1.165, 1.54) is 0 Å². The molecule has 0 saturated heterocycles. The van der Waals surface area contributed by atoms with Crippen molar-refractivity contribution in [2.24, 2.45) is 0 Å². The molecule has 0 N–H and O–H groups in total. The van der Waals surface area contributed by atoms with Crippen molar-refractivity contribution in [2.45, 2.75) is 19.9 Å². The maximum Gasteiger partial charge on any atom is 0.246 e. The van der Waals surface area contributed by atoms with E-state index in [4.69, 9.17) is 11.6 Å². The molecule has 4 rings (SSSR count). The molecule has 0 bridgehead atoms. The first kappa shape index (κ1) is 15.8. The molecule has 1 amide bonds. The quantitative estimate of drug-likeness (QED) is 0.665. The van der Waals surface area contributed by atoms with E-state index in [2.05, 4.69) is 10.1 Å². The van der Waals surface area contributed by atoms with Crippen LogP contribution in [0.1, 0.15) is 22.5 Å². The monoisotopic (exact) mass is 352 g/mol. The molecule has 0 unspecified atom stereocenters. The third-order valence-corrected chi connectivity index (χ3v) is 4.62. The molecule has 2 aromatic heterocycles. The first-order chi connectivity index (χ1) is 12.1. The molecule has 126 valence electrons. The Labute approximate surface area is 150 Å². The van der Waals surface area contributed by atoms with E-state index < -0.39 is 0 Å². The Kier molecular flexibility index (Phi) is 4.01. The van der Waals surface area contributed by atoms with Gasteiger partial charge in [-0.15, -0.1) is 0 Å². The Bertz CT molecular complexity index is 975. The van der Waals surface area contributed by atoms with Crippen molar-refractivity contribution in [3.8, 4) is 0 Å². The second-order valence-corrected chi connectivity index (χ2v) is 6.62. The summed E-state index contributed by atoms with van der Waals surface area (Å²) in [6, 6.07) is 9.36. The fourth-order valence-electron chi connectivity index (χ4n) is 3.09. The van der Waals surface area contributed by atoms with E-state index in [0.29, 0.717) is 18.1 Å². The molecule has 1 aliphatic heterocycles. The van der Waals surface area contributed by atoms with Gasteiger partial charge in [0.15, 0.2) is 5.65 Å². The minimum absolute atomic E-state index is 0.00246. The largest absolute Gasteiger partial charge is 0.334 e. The van der Waals surface area contributed by atoms with Gasteiger partial charge in [0.25, 0.3) is 0 Å². The van der Waals surface area contributed by atoms with Gasteiger partial charge in [-0.2, -0.15) is 5.10 Å². The van der Waals surface area contributed by atoms with Crippen LogP contribution in [-0.2, 0) is 17.8 Å². The van der Waals surface area contributed by atoms with Gasteiger partial charge in [-0.05, 0) is 30.7 Å². The van der Waals surface area contributed by atoms with Crippen LogP contribution < -0.4 is 0 Å². The lowest BCUT2D eigenvalue weighted by Gasteiger charge is -2.27. The molecule has 0 spiro atoms. The molecule has 5 nitrogen and oxygen atoms in total. The lowest BCUT2D eigenvalue weighted by molar-refractivity contribution is -0.126. The zero-order valence-corrected chi connectivity index (χ0v) is 14.6. The lowest BCUT2D eigenvalue weighted by atomic mass is 10.1. The Hall–Kier alpha value is -2.66. The van der Waals surface area contributed by atoms with E-state index in [-0.39, 0.29) is 5.91 Å². The van der Waals surface area contributed by atoms with Gasteiger partial charge >= 0.3 is 0 Å². The van der Waals surface area contributed by atoms with Crippen molar-refractivity contribution in [1.29, 1.82) is 0 Å². The highest BCUT2D eigenvalue weighted by atomic mass is 35.5. The number of benzene rings is 1. The zero-order chi connectivity index (χ0) is 17.4. The highest BCUT2D eigenvalue weighted by molar-refractivity contribution is 6.30. The topological polar surface area (TPSA) is 50.5 Å². The summed E-state index contributed by atoms with van der Waals surface area (Å²) in [5.41, 5.74) is 4.95. The first-order valence-corrected chi connectivity index (χ1v) is 8.53. The fraction of sp³-hybridized carbons (Fsp3) is 0.211. The van der Waals surface area contributed by atoms with Gasteiger partial charge in [0.05, 0.1) is 11.4 Å². The number of hydrogen-bond donors (Lipinski definition) is 0. The molecule has 0 aliphatic carbocycles. The van der Waals surface area contributed by atoms with E-state index in [0.717, 1.165) is 34.6 Å². The number of hydrogen-bond acceptors (Lipinski definition) is 3. The van der Waals surface area contributed by atoms with Gasteiger partial charge in [0, 0.05) is 48.4 Å². The second-order valence-electron chi connectivity index (χ2n) is 6.18. The molecule has 3 heterocycles. The van der Waals surface area contributed by atoms with E-state index in [9.17, 15) is 4.79 Å². The third kappa shape index (κ3) is 3.15. The van der Waals surface area contributed by atoms with Gasteiger partial charge in [0.2, 0.25) is 5.91 Å². The van der Waals surface area contributed by atoms with Crippen LogP contribution in [-0.4, -0.2) is 31.9 Å². The molecule has 3 aromatic rings. The van der Waals surface area contributed by atoms with Crippen LogP contribution in [0.5, 0.6) is 0 Å². The third-order valence-electron chi connectivity index (χ3n) is 4.37. The molecule has 1 aromatic carbocycles. The first-order valence-electron chi connectivity index (χ1n) is 8.16. The number of carbonyl (C=O) groups is 1. The number of fused-ring (bicyclic) bond motifs is 3. The number of amides is 1. The molecule has 6 heteroatoms. The number of aromatic nitrogens is 3. The number of aryl methyl sites for hydroxylation is 1. The van der Waals surface area contributed by atoms with Crippen LogP contribution in [0.4, 0.5) is 0 Å². The summed E-state index contributed by atoms with van der Waals surface area (Å²) in [5.74, 6) is -0.00246. The Morgan fingerprint density at radius 2 is 2.08 bits per heavy atom. The number of rotatable bonds is 2. The van der Waals surface area contributed by atoms with Gasteiger partial charge < -0.3 is 4.90 Å². The smallest absolute Gasteiger partial charge is 0.246 e. The summed E-state index contributed by atoms with van der Waals surface area (Å²) in [4.78, 5) is 18.8. The maximum atomic E-state index is 12.5. The molecular weight excluding hydrogens is 336 g/mol. The SMILES string of the molecule is Cc1cc2ncc3c(n2n1)CCN(C(=O)/C=C/c1ccc(Cl)cc1)C3. The molecular formula is C19H17ClN4O.